The Labute approximate surface area is 70.3 Å². The summed E-state index contributed by atoms with van der Waals surface area (Å²) in [7, 11) is 0. The molecule has 62 valence electrons. The minimum absolute atomic E-state index is 0. The Balaban J connectivity index is 0. The van der Waals surface area contributed by atoms with Crippen LogP contribution in [0.5, 0.6) is 0 Å². The van der Waals surface area contributed by atoms with Gasteiger partial charge in [-0.3, -0.25) is 0 Å². The van der Waals surface area contributed by atoms with E-state index in [1.807, 2.05) is 0 Å². The zero-order chi connectivity index (χ0) is 7.11. The summed E-state index contributed by atoms with van der Waals surface area (Å²) in [5.41, 5.74) is 1.42. The Morgan fingerprint density at radius 3 is 2.40 bits per heavy atom. The van der Waals surface area contributed by atoms with Gasteiger partial charge in [-0.1, -0.05) is 19.4 Å². The van der Waals surface area contributed by atoms with Crippen molar-refractivity contribution in [2.45, 2.75) is 33.6 Å². The van der Waals surface area contributed by atoms with Crippen molar-refractivity contribution in [1.29, 1.82) is 0 Å². The first-order chi connectivity index (χ1) is 4.31. The molecule has 0 saturated heterocycles. The lowest BCUT2D eigenvalue weighted by atomic mass is 10.2. The summed E-state index contributed by atoms with van der Waals surface area (Å²) >= 11 is 0. The van der Waals surface area contributed by atoms with Gasteiger partial charge in [0.15, 0.2) is 0 Å². The van der Waals surface area contributed by atoms with Gasteiger partial charge in [0.2, 0.25) is 0 Å². The van der Waals surface area contributed by atoms with Crippen molar-refractivity contribution in [2.75, 3.05) is 6.54 Å². The predicted octanol–water partition coefficient (Wildman–Crippen LogP) is 2.72. The molecular weight excluding hydrogens is 146 g/mol. The van der Waals surface area contributed by atoms with Gasteiger partial charge in [-0.2, -0.15) is 0 Å². The Bertz CT molecular complexity index is 89.3. The highest BCUT2D eigenvalue weighted by atomic mass is 35.5. The van der Waals surface area contributed by atoms with E-state index in [4.69, 9.17) is 0 Å². The summed E-state index contributed by atoms with van der Waals surface area (Å²) in [6, 6.07) is 0. The first-order valence-corrected chi connectivity index (χ1v) is 3.70. The van der Waals surface area contributed by atoms with E-state index in [0.717, 1.165) is 13.0 Å². The van der Waals surface area contributed by atoms with Gasteiger partial charge in [0.25, 0.3) is 0 Å². The van der Waals surface area contributed by atoms with Crippen LogP contribution in [0.25, 0.3) is 0 Å². The minimum atomic E-state index is 0. The summed E-state index contributed by atoms with van der Waals surface area (Å²) in [6.45, 7) is 7.57. The highest BCUT2D eigenvalue weighted by Crippen LogP contribution is 1.93. The smallest absolute Gasteiger partial charge is 0.0138 e. The van der Waals surface area contributed by atoms with Crippen LogP contribution in [0.3, 0.4) is 0 Å². The molecule has 0 aromatic rings. The first-order valence-electron chi connectivity index (χ1n) is 3.70. The van der Waals surface area contributed by atoms with Gasteiger partial charge in [-0.25, -0.2) is 0 Å². The topological polar surface area (TPSA) is 12.0 Å². The van der Waals surface area contributed by atoms with Crippen LogP contribution in [0.1, 0.15) is 33.6 Å². The standard InChI is InChI=1S/C8H17N.ClH/c1-4-6-9-7-8(3)5-2;/h7,9H,4-6H2,1-3H3;1H/b8-7+;. The molecule has 0 aliphatic rings. The molecule has 10 heavy (non-hydrogen) atoms. The molecule has 0 fully saturated rings. The molecule has 0 radical (unpaired) electrons. The SMILES string of the molecule is CCCN/C=C(\C)CC.Cl. The molecule has 0 amide bonds. The zero-order valence-electron chi connectivity index (χ0n) is 7.11. The molecule has 0 aromatic heterocycles. The lowest BCUT2D eigenvalue weighted by molar-refractivity contribution is 0.799. The quantitative estimate of drug-likeness (QED) is 0.629. The van der Waals surface area contributed by atoms with Crippen LogP contribution in [0.2, 0.25) is 0 Å². The first kappa shape index (κ1) is 12.5. The number of halogens is 1. The molecular formula is C8H18ClN. The number of allylic oxidation sites excluding steroid dienone is 1. The second kappa shape index (κ2) is 8.83. The Hall–Kier alpha value is -0.170. The fourth-order valence-corrected chi connectivity index (χ4v) is 0.493. The van der Waals surface area contributed by atoms with E-state index in [2.05, 4.69) is 32.3 Å². The van der Waals surface area contributed by atoms with Gasteiger partial charge in [-0.05, 0) is 26.0 Å². The maximum atomic E-state index is 3.22. The largest absolute Gasteiger partial charge is 0.391 e. The average Bonchev–Trinajstić information content (AvgIpc) is 1.89. The summed E-state index contributed by atoms with van der Waals surface area (Å²) in [4.78, 5) is 0. The third-order valence-electron chi connectivity index (χ3n) is 1.30. The van der Waals surface area contributed by atoms with Gasteiger partial charge in [0.1, 0.15) is 0 Å². The van der Waals surface area contributed by atoms with E-state index in [1.165, 1.54) is 12.0 Å². The Morgan fingerprint density at radius 2 is 2.00 bits per heavy atom. The number of rotatable bonds is 4. The van der Waals surface area contributed by atoms with Crippen molar-refractivity contribution < 1.29 is 0 Å². The summed E-state index contributed by atoms with van der Waals surface area (Å²) < 4.78 is 0. The van der Waals surface area contributed by atoms with E-state index in [9.17, 15) is 0 Å². The predicted molar refractivity (Wildman–Crippen MR) is 49.6 cm³/mol. The Morgan fingerprint density at radius 1 is 1.40 bits per heavy atom. The van der Waals surface area contributed by atoms with Gasteiger partial charge in [0, 0.05) is 6.54 Å². The van der Waals surface area contributed by atoms with Crippen molar-refractivity contribution in [1.82, 2.24) is 5.32 Å². The molecule has 0 unspecified atom stereocenters. The fraction of sp³-hybridized carbons (Fsp3) is 0.750. The second-order valence-electron chi connectivity index (χ2n) is 2.30. The van der Waals surface area contributed by atoms with Gasteiger partial charge in [-0.15, -0.1) is 12.4 Å². The molecule has 0 heterocycles. The van der Waals surface area contributed by atoms with Crippen molar-refractivity contribution in [3.63, 3.8) is 0 Å². The van der Waals surface area contributed by atoms with Crippen molar-refractivity contribution in [3.8, 4) is 0 Å². The molecule has 0 aliphatic heterocycles. The zero-order valence-corrected chi connectivity index (χ0v) is 7.92. The minimum Gasteiger partial charge on any atom is -0.391 e. The number of hydrogen-bond donors (Lipinski definition) is 1. The van der Waals surface area contributed by atoms with Crippen molar-refractivity contribution in [2.24, 2.45) is 0 Å². The summed E-state index contributed by atoms with van der Waals surface area (Å²) in [5.74, 6) is 0. The molecule has 0 rings (SSSR count). The van der Waals surface area contributed by atoms with E-state index in [1.54, 1.807) is 0 Å². The molecule has 0 atom stereocenters. The fourth-order valence-electron chi connectivity index (χ4n) is 0.493. The van der Waals surface area contributed by atoms with Gasteiger partial charge >= 0.3 is 0 Å². The highest BCUT2D eigenvalue weighted by molar-refractivity contribution is 5.85. The third-order valence-corrected chi connectivity index (χ3v) is 1.30. The molecule has 0 spiro atoms. The molecule has 0 saturated carbocycles. The van der Waals surface area contributed by atoms with Crippen LogP contribution in [0.4, 0.5) is 0 Å². The van der Waals surface area contributed by atoms with Gasteiger partial charge < -0.3 is 5.32 Å². The monoisotopic (exact) mass is 163 g/mol. The van der Waals surface area contributed by atoms with Crippen molar-refractivity contribution in [3.05, 3.63) is 11.8 Å². The molecule has 0 aliphatic carbocycles. The second-order valence-corrected chi connectivity index (χ2v) is 2.30. The lowest BCUT2D eigenvalue weighted by Crippen LogP contribution is -2.05. The maximum absolute atomic E-state index is 3.22. The van der Waals surface area contributed by atoms with Crippen LogP contribution in [0, 0.1) is 0 Å². The molecule has 1 nitrogen and oxygen atoms in total. The average molecular weight is 164 g/mol. The molecule has 2 heteroatoms. The van der Waals surface area contributed by atoms with Crippen LogP contribution < -0.4 is 5.32 Å². The Kier molecular flexibility index (Phi) is 11.0. The molecule has 0 aromatic carbocycles. The molecule has 0 bridgehead atoms. The van der Waals surface area contributed by atoms with Gasteiger partial charge in [0.05, 0.1) is 0 Å². The number of nitrogens with one attached hydrogen (secondary N) is 1. The van der Waals surface area contributed by atoms with Crippen LogP contribution in [-0.4, -0.2) is 6.54 Å². The normalized spacial score (nSPS) is 10.5. The van der Waals surface area contributed by atoms with E-state index in [0.29, 0.717) is 0 Å². The maximum Gasteiger partial charge on any atom is 0.0138 e. The van der Waals surface area contributed by atoms with E-state index in [-0.39, 0.29) is 12.4 Å². The lowest BCUT2D eigenvalue weighted by Gasteiger charge is -1.97. The highest BCUT2D eigenvalue weighted by Gasteiger charge is 1.80. The van der Waals surface area contributed by atoms with Crippen molar-refractivity contribution >= 4 is 12.4 Å². The van der Waals surface area contributed by atoms with E-state index < -0.39 is 0 Å². The van der Waals surface area contributed by atoms with Crippen LogP contribution in [-0.2, 0) is 0 Å². The van der Waals surface area contributed by atoms with E-state index >= 15 is 0 Å². The van der Waals surface area contributed by atoms with Crippen LogP contribution in [0.15, 0.2) is 11.8 Å². The molecule has 1 N–H and O–H groups in total. The van der Waals surface area contributed by atoms with Crippen LogP contribution >= 0.6 is 12.4 Å². The summed E-state index contributed by atoms with van der Waals surface area (Å²) in [6.07, 6.45) is 4.45. The summed E-state index contributed by atoms with van der Waals surface area (Å²) in [5, 5.41) is 3.22. The number of hydrogen-bond acceptors (Lipinski definition) is 1. The third kappa shape index (κ3) is 7.83.